The van der Waals surface area contributed by atoms with Crippen LogP contribution in [0, 0.1) is 0 Å². The van der Waals surface area contributed by atoms with Crippen molar-refractivity contribution in [1.82, 2.24) is 19.9 Å². The number of carbonyl (C=O) groups excluding carboxylic acids is 3. The van der Waals surface area contributed by atoms with Gasteiger partial charge in [-0.3, -0.25) is 14.4 Å². The quantitative estimate of drug-likeness (QED) is 0.636. The normalized spacial score (nSPS) is 13.9. The fourth-order valence-corrected chi connectivity index (χ4v) is 3.17. The number of benzene rings is 1. The topological polar surface area (TPSA) is 106 Å². The predicted octanol–water partition coefficient (Wildman–Crippen LogP) is 1.81. The Hall–Kier alpha value is -3.23. The highest BCUT2D eigenvalue weighted by Gasteiger charge is 2.23. The molecule has 0 bridgehead atoms. The highest BCUT2D eigenvalue weighted by Crippen LogP contribution is 2.17. The third-order valence-corrected chi connectivity index (χ3v) is 5.07. The summed E-state index contributed by atoms with van der Waals surface area (Å²) in [4.78, 5) is 43.1. The molecule has 1 fully saturated rings. The zero-order chi connectivity index (χ0) is 21.5. The molecule has 1 aromatic carbocycles. The molecule has 160 valence electrons. The molecule has 1 aliphatic rings. The van der Waals surface area contributed by atoms with Crippen LogP contribution in [0.15, 0.2) is 28.8 Å². The second-order valence-corrected chi connectivity index (χ2v) is 7.11. The smallest absolute Gasteiger partial charge is 0.306 e. The minimum absolute atomic E-state index is 0.00725. The van der Waals surface area contributed by atoms with Crippen molar-refractivity contribution < 1.29 is 23.6 Å². The molecule has 2 amide bonds. The Morgan fingerprint density at radius 2 is 1.70 bits per heavy atom. The van der Waals surface area contributed by atoms with Crippen LogP contribution >= 0.6 is 0 Å². The maximum Gasteiger partial charge on any atom is 0.306 e. The largest absolute Gasteiger partial charge is 0.456 e. The van der Waals surface area contributed by atoms with Gasteiger partial charge in [-0.15, -0.1) is 0 Å². The van der Waals surface area contributed by atoms with Crippen molar-refractivity contribution in [3.8, 4) is 11.4 Å². The molecule has 1 aromatic heterocycles. The van der Waals surface area contributed by atoms with Gasteiger partial charge in [-0.25, -0.2) is 0 Å². The highest BCUT2D eigenvalue weighted by molar-refractivity contribution is 5.81. The fraction of sp³-hybridized carbons (Fsp3) is 0.476. The lowest BCUT2D eigenvalue weighted by atomic mass is 10.1. The molecule has 2 heterocycles. The van der Waals surface area contributed by atoms with Crippen molar-refractivity contribution in [2.24, 2.45) is 0 Å². The maximum absolute atomic E-state index is 12.2. The highest BCUT2D eigenvalue weighted by atomic mass is 16.6. The van der Waals surface area contributed by atoms with Gasteiger partial charge in [0.1, 0.15) is 0 Å². The van der Waals surface area contributed by atoms with Gasteiger partial charge in [-0.2, -0.15) is 4.98 Å². The van der Waals surface area contributed by atoms with Crippen LogP contribution in [0.5, 0.6) is 0 Å². The number of piperazine rings is 1. The van der Waals surface area contributed by atoms with E-state index in [1.165, 1.54) is 12.5 Å². The lowest BCUT2D eigenvalue weighted by Crippen LogP contribution is -2.50. The molecule has 0 atom stereocenters. The maximum atomic E-state index is 12.2. The summed E-state index contributed by atoms with van der Waals surface area (Å²) in [7, 11) is 0. The molecule has 9 nitrogen and oxygen atoms in total. The Bertz CT molecular complexity index is 885. The number of nitrogens with zero attached hydrogens (tertiary/aromatic N) is 4. The Balaban J connectivity index is 1.40. The van der Waals surface area contributed by atoms with Gasteiger partial charge < -0.3 is 19.1 Å². The molecule has 1 aliphatic heterocycles. The van der Waals surface area contributed by atoms with Crippen LogP contribution in [0.4, 0.5) is 0 Å². The molecule has 0 radical (unpaired) electrons. The second kappa shape index (κ2) is 10.00. The average Bonchev–Trinajstić information content (AvgIpc) is 3.25. The molecule has 30 heavy (non-hydrogen) atoms. The van der Waals surface area contributed by atoms with Crippen molar-refractivity contribution in [1.29, 1.82) is 0 Å². The molecule has 2 aromatic rings. The Morgan fingerprint density at radius 1 is 1.03 bits per heavy atom. The van der Waals surface area contributed by atoms with Crippen molar-refractivity contribution in [2.45, 2.75) is 39.7 Å². The van der Waals surface area contributed by atoms with E-state index < -0.39 is 5.97 Å². The van der Waals surface area contributed by atoms with E-state index in [0.717, 1.165) is 12.0 Å². The lowest BCUT2D eigenvalue weighted by molar-refractivity contribution is -0.148. The van der Waals surface area contributed by atoms with Crippen molar-refractivity contribution in [3.05, 3.63) is 35.7 Å². The summed E-state index contributed by atoms with van der Waals surface area (Å²) in [5.74, 6) is 0.0181. The van der Waals surface area contributed by atoms with Crippen LogP contribution in [0.25, 0.3) is 11.4 Å². The first kappa shape index (κ1) is 21.5. The minimum atomic E-state index is -0.502. The standard InChI is InChI=1S/C21H26N4O5/c1-3-16-4-6-17(7-5-16)21-22-18(30-23-21)14-29-20(28)9-8-19(27)25-12-10-24(11-13-25)15(2)26/h4-7H,3,8-14H2,1-2H3. The van der Waals surface area contributed by atoms with Gasteiger partial charge in [-0.1, -0.05) is 36.3 Å². The fourth-order valence-electron chi connectivity index (χ4n) is 3.17. The summed E-state index contributed by atoms with van der Waals surface area (Å²) in [6.45, 7) is 5.47. The van der Waals surface area contributed by atoms with Gasteiger partial charge in [-0.05, 0) is 12.0 Å². The number of hydrogen-bond donors (Lipinski definition) is 0. The average molecular weight is 414 g/mol. The van der Waals surface area contributed by atoms with Crippen molar-refractivity contribution in [2.75, 3.05) is 26.2 Å². The monoisotopic (exact) mass is 414 g/mol. The van der Waals surface area contributed by atoms with E-state index in [1.807, 2.05) is 24.3 Å². The molecule has 0 N–H and O–H groups in total. The number of esters is 1. The van der Waals surface area contributed by atoms with E-state index in [0.29, 0.717) is 32.0 Å². The number of amides is 2. The number of aromatic nitrogens is 2. The molecular weight excluding hydrogens is 388 g/mol. The SMILES string of the molecule is CCc1ccc(-c2noc(COC(=O)CCC(=O)N3CCN(C(C)=O)CC3)n2)cc1. The zero-order valence-corrected chi connectivity index (χ0v) is 17.3. The van der Waals surface area contributed by atoms with Crippen molar-refractivity contribution >= 4 is 17.8 Å². The minimum Gasteiger partial charge on any atom is -0.456 e. The van der Waals surface area contributed by atoms with E-state index in [4.69, 9.17) is 9.26 Å². The van der Waals surface area contributed by atoms with Crippen LogP contribution in [-0.4, -0.2) is 63.9 Å². The third kappa shape index (κ3) is 5.65. The summed E-state index contributed by atoms with van der Waals surface area (Å²) in [6, 6.07) is 7.84. The molecule has 0 aliphatic carbocycles. The van der Waals surface area contributed by atoms with Crippen LogP contribution in [-0.2, 0) is 32.1 Å². The Labute approximate surface area is 175 Å². The summed E-state index contributed by atoms with van der Waals surface area (Å²) >= 11 is 0. The molecule has 0 spiro atoms. The van der Waals surface area contributed by atoms with Crippen molar-refractivity contribution in [3.63, 3.8) is 0 Å². The number of aryl methyl sites for hydroxylation is 1. The van der Waals surface area contributed by atoms with E-state index in [9.17, 15) is 14.4 Å². The van der Waals surface area contributed by atoms with Gasteiger partial charge >= 0.3 is 5.97 Å². The molecule has 1 saturated heterocycles. The van der Waals surface area contributed by atoms with Gasteiger partial charge in [0.15, 0.2) is 6.61 Å². The first-order chi connectivity index (χ1) is 14.5. The summed E-state index contributed by atoms with van der Waals surface area (Å²) in [5, 5.41) is 3.91. The molecular formula is C21H26N4O5. The van der Waals surface area contributed by atoms with Gasteiger partial charge in [0.25, 0.3) is 5.89 Å². The van der Waals surface area contributed by atoms with Gasteiger partial charge in [0.2, 0.25) is 17.6 Å². The second-order valence-electron chi connectivity index (χ2n) is 7.11. The van der Waals surface area contributed by atoms with Crippen LogP contribution in [0.1, 0.15) is 38.1 Å². The number of rotatable bonds is 7. The summed E-state index contributed by atoms with van der Waals surface area (Å²) in [5.41, 5.74) is 2.04. The predicted molar refractivity (Wildman–Crippen MR) is 107 cm³/mol. The Morgan fingerprint density at radius 3 is 2.33 bits per heavy atom. The Kier molecular flexibility index (Phi) is 7.16. The first-order valence-electron chi connectivity index (χ1n) is 10.1. The van der Waals surface area contributed by atoms with E-state index in [1.54, 1.807) is 9.80 Å². The number of carbonyl (C=O) groups is 3. The van der Waals surface area contributed by atoms with Gasteiger partial charge in [0, 0.05) is 45.1 Å². The van der Waals surface area contributed by atoms with E-state index in [-0.39, 0.29) is 37.2 Å². The summed E-state index contributed by atoms with van der Waals surface area (Å²) < 4.78 is 10.3. The van der Waals surface area contributed by atoms with Gasteiger partial charge in [0.05, 0.1) is 6.42 Å². The number of ether oxygens (including phenoxy) is 1. The van der Waals surface area contributed by atoms with Crippen LogP contribution < -0.4 is 0 Å². The molecule has 9 heteroatoms. The molecule has 3 rings (SSSR count). The van der Waals surface area contributed by atoms with E-state index >= 15 is 0 Å². The lowest BCUT2D eigenvalue weighted by Gasteiger charge is -2.34. The first-order valence-corrected chi connectivity index (χ1v) is 10.1. The van der Waals surface area contributed by atoms with E-state index in [2.05, 4.69) is 17.1 Å². The summed E-state index contributed by atoms with van der Waals surface area (Å²) in [6.07, 6.45) is 0.994. The van der Waals surface area contributed by atoms with Crippen LogP contribution in [0.2, 0.25) is 0 Å². The third-order valence-electron chi connectivity index (χ3n) is 5.07. The van der Waals surface area contributed by atoms with Crippen LogP contribution in [0.3, 0.4) is 0 Å². The molecule has 0 saturated carbocycles. The zero-order valence-electron chi connectivity index (χ0n) is 17.3. The molecule has 0 unspecified atom stereocenters. The number of hydrogen-bond acceptors (Lipinski definition) is 7.